The highest BCUT2D eigenvalue weighted by atomic mass is 16.1. The van der Waals surface area contributed by atoms with Crippen molar-refractivity contribution in [1.29, 1.82) is 10.5 Å². The molecule has 0 unspecified atom stereocenters. The lowest BCUT2D eigenvalue weighted by atomic mass is 10.1. The smallest absolute Gasteiger partial charge is 0.255 e. The number of carbonyl (C=O) groups excluding carboxylic acids is 1. The van der Waals surface area contributed by atoms with E-state index in [4.69, 9.17) is 10.5 Å². The van der Waals surface area contributed by atoms with E-state index in [1.807, 2.05) is 19.1 Å². The molecule has 1 amide bonds. The number of anilines is 2. The van der Waals surface area contributed by atoms with Crippen molar-refractivity contribution >= 4 is 17.3 Å². The van der Waals surface area contributed by atoms with Crippen LogP contribution >= 0.6 is 0 Å². The van der Waals surface area contributed by atoms with Gasteiger partial charge in [-0.05, 0) is 37.3 Å². The van der Waals surface area contributed by atoms with E-state index in [1.54, 1.807) is 48.5 Å². The molecule has 0 aliphatic heterocycles. The van der Waals surface area contributed by atoms with Gasteiger partial charge in [-0.3, -0.25) is 4.79 Å². The molecule has 0 saturated carbocycles. The van der Waals surface area contributed by atoms with Gasteiger partial charge < -0.3 is 10.6 Å². The number of amides is 1. The lowest BCUT2D eigenvalue weighted by Gasteiger charge is -2.08. The first-order chi connectivity index (χ1) is 11.1. The number of nitrogens with one attached hydrogen (secondary N) is 2. The van der Waals surface area contributed by atoms with E-state index in [-0.39, 0.29) is 11.5 Å². The Balaban J connectivity index is 2.10. The molecule has 0 atom stereocenters. The van der Waals surface area contributed by atoms with Gasteiger partial charge in [0, 0.05) is 23.1 Å². The van der Waals surface area contributed by atoms with Gasteiger partial charge in [-0.25, -0.2) is 0 Å². The third-order valence-electron chi connectivity index (χ3n) is 3.06. The number of carbonyl (C=O) groups is 1. The Labute approximate surface area is 134 Å². The molecular formula is C18H14N4O. The fourth-order valence-electron chi connectivity index (χ4n) is 1.84. The van der Waals surface area contributed by atoms with Crippen molar-refractivity contribution in [2.75, 3.05) is 10.6 Å². The van der Waals surface area contributed by atoms with Crippen molar-refractivity contribution in [1.82, 2.24) is 0 Å². The van der Waals surface area contributed by atoms with E-state index < -0.39 is 0 Å². The summed E-state index contributed by atoms with van der Waals surface area (Å²) in [4.78, 5) is 12.2. The zero-order chi connectivity index (χ0) is 16.7. The van der Waals surface area contributed by atoms with Gasteiger partial charge in [0.1, 0.15) is 17.7 Å². The maximum Gasteiger partial charge on any atom is 0.255 e. The van der Waals surface area contributed by atoms with Crippen LogP contribution in [0, 0.1) is 29.6 Å². The van der Waals surface area contributed by atoms with Crippen LogP contribution in [0.25, 0.3) is 0 Å². The molecule has 0 spiro atoms. The van der Waals surface area contributed by atoms with Crippen LogP contribution in [0.2, 0.25) is 0 Å². The number of benzene rings is 2. The summed E-state index contributed by atoms with van der Waals surface area (Å²) in [5, 5.41) is 23.0. The monoisotopic (exact) mass is 302 g/mol. The number of hydrogen-bond acceptors (Lipinski definition) is 4. The summed E-state index contributed by atoms with van der Waals surface area (Å²) < 4.78 is 0. The second kappa shape index (κ2) is 7.44. The zero-order valence-electron chi connectivity index (χ0n) is 12.5. The summed E-state index contributed by atoms with van der Waals surface area (Å²) in [6, 6.07) is 17.8. The summed E-state index contributed by atoms with van der Waals surface area (Å²) in [6.45, 7) is 1.96. The van der Waals surface area contributed by atoms with Gasteiger partial charge in [0.2, 0.25) is 0 Å². The Hall–Kier alpha value is -3.57. The third kappa shape index (κ3) is 4.45. The van der Waals surface area contributed by atoms with Gasteiger partial charge in [0.25, 0.3) is 5.91 Å². The molecule has 0 aliphatic carbocycles. The minimum absolute atomic E-state index is 0.0286. The van der Waals surface area contributed by atoms with Gasteiger partial charge in [-0.2, -0.15) is 10.5 Å². The second-order valence-electron chi connectivity index (χ2n) is 4.83. The van der Waals surface area contributed by atoms with Gasteiger partial charge >= 0.3 is 0 Å². The topological polar surface area (TPSA) is 88.7 Å². The molecule has 0 fully saturated rings. The van der Waals surface area contributed by atoms with Crippen LogP contribution < -0.4 is 10.6 Å². The molecule has 2 N–H and O–H groups in total. The number of allylic oxidation sites excluding steroid dienone is 1. The first kappa shape index (κ1) is 15.8. The number of aryl methyl sites for hydroxylation is 1. The summed E-state index contributed by atoms with van der Waals surface area (Å²) in [6.07, 6.45) is 1.32. The highest BCUT2D eigenvalue weighted by Gasteiger charge is 2.05. The predicted octanol–water partition coefficient (Wildman–Crippen LogP) is 3.59. The van der Waals surface area contributed by atoms with Crippen LogP contribution in [0.15, 0.2) is 60.3 Å². The molecule has 2 rings (SSSR count). The first-order valence-electron chi connectivity index (χ1n) is 6.87. The molecule has 112 valence electrons. The Kier molecular flexibility index (Phi) is 5.12. The van der Waals surface area contributed by atoms with Crippen molar-refractivity contribution in [2.45, 2.75) is 6.92 Å². The number of hydrogen-bond donors (Lipinski definition) is 2. The van der Waals surface area contributed by atoms with Crippen LogP contribution in [-0.4, -0.2) is 5.91 Å². The SMILES string of the molecule is Cc1ccc(C(=O)Nc2cccc(NC=C(C#N)C#N)c2)cc1. The summed E-state index contributed by atoms with van der Waals surface area (Å²) in [5.74, 6) is -0.201. The molecule has 0 aliphatic rings. The molecule has 5 heteroatoms. The molecule has 0 radical (unpaired) electrons. The molecule has 0 bridgehead atoms. The first-order valence-corrected chi connectivity index (χ1v) is 6.87. The van der Waals surface area contributed by atoms with Crippen molar-refractivity contribution < 1.29 is 4.79 Å². The minimum Gasteiger partial charge on any atom is -0.360 e. The molecule has 0 heterocycles. The Morgan fingerprint density at radius 3 is 2.35 bits per heavy atom. The Morgan fingerprint density at radius 1 is 1.04 bits per heavy atom. The van der Waals surface area contributed by atoms with E-state index in [1.165, 1.54) is 6.20 Å². The van der Waals surface area contributed by atoms with E-state index in [0.717, 1.165) is 5.56 Å². The van der Waals surface area contributed by atoms with Crippen LogP contribution in [0.1, 0.15) is 15.9 Å². The van der Waals surface area contributed by atoms with Crippen molar-refractivity contribution in [3.05, 3.63) is 71.4 Å². The largest absolute Gasteiger partial charge is 0.360 e. The van der Waals surface area contributed by atoms with Crippen molar-refractivity contribution in [2.24, 2.45) is 0 Å². The lowest BCUT2D eigenvalue weighted by molar-refractivity contribution is 0.102. The highest BCUT2D eigenvalue weighted by Crippen LogP contribution is 2.16. The van der Waals surface area contributed by atoms with Crippen LogP contribution in [-0.2, 0) is 0 Å². The number of nitrogens with zero attached hydrogens (tertiary/aromatic N) is 2. The Bertz CT molecular complexity index is 807. The summed E-state index contributed by atoms with van der Waals surface area (Å²) in [5.41, 5.74) is 2.91. The fourth-order valence-corrected chi connectivity index (χ4v) is 1.84. The second-order valence-corrected chi connectivity index (χ2v) is 4.83. The number of nitriles is 2. The highest BCUT2D eigenvalue weighted by molar-refractivity contribution is 6.04. The molecule has 2 aromatic rings. The van der Waals surface area contributed by atoms with E-state index in [2.05, 4.69) is 10.6 Å². The molecule has 23 heavy (non-hydrogen) atoms. The Morgan fingerprint density at radius 2 is 1.70 bits per heavy atom. The van der Waals surface area contributed by atoms with Crippen LogP contribution in [0.3, 0.4) is 0 Å². The third-order valence-corrected chi connectivity index (χ3v) is 3.06. The molecular weight excluding hydrogens is 288 g/mol. The van der Waals surface area contributed by atoms with Gasteiger partial charge in [-0.1, -0.05) is 23.8 Å². The van der Waals surface area contributed by atoms with Crippen LogP contribution in [0.4, 0.5) is 11.4 Å². The van der Waals surface area contributed by atoms with E-state index >= 15 is 0 Å². The quantitative estimate of drug-likeness (QED) is 0.845. The standard InChI is InChI=1S/C18H14N4O/c1-13-5-7-15(8-6-13)18(23)22-17-4-2-3-16(9-17)21-12-14(10-19)11-20/h2-9,12,21H,1H3,(H,22,23). The molecule has 0 saturated heterocycles. The van der Waals surface area contributed by atoms with Crippen molar-refractivity contribution in [3.8, 4) is 12.1 Å². The summed E-state index contributed by atoms with van der Waals surface area (Å²) >= 11 is 0. The average molecular weight is 302 g/mol. The summed E-state index contributed by atoms with van der Waals surface area (Å²) in [7, 11) is 0. The van der Waals surface area contributed by atoms with Gasteiger partial charge in [0.15, 0.2) is 0 Å². The maximum atomic E-state index is 12.2. The lowest BCUT2D eigenvalue weighted by Crippen LogP contribution is -2.11. The van der Waals surface area contributed by atoms with Gasteiger partial charge in [-0.15, -0.1) is 0 Å². The maximum absolute atomic E-state index is 12.2. The zero-order valence-corrected chi connectivity index (χ0v) is 12.5. The minimum atomic E-state index is -0.201. The number of rotatable bonds is 4. The molecule has 2 aromatic carbocycles. The van der Waals surface area contributed by atoms with Crippen LogP contribution in [0.5, 0.6) is 0 Å². The fraction of sp³-hybridized carbons (Fsp3) is 0.0556. The molecule has 0 aromatic heterocycles. The molecule has 5 nitrogen and oxygen atoms in total. The normalized spacial score (nSPS) is 9.17. The predicted molar refractivity (Wildman–Crippen MR) is 88.5 cm³/mol. The van der Waals surface area contributed by atoms with E-state index in [0.29, 0.717) is 16.9 Å². The van der Waals surface area contributed by atoms with Crippen molar-refractivity contribution in [3.63, 3.8) is 0 Å². The van der Waals surface area contributed by atoms with Gasteiger partial charge in [0.05, 0.1) is 0 Å². The van der Waals surface area contributed by atoms with E-state index in [9.17, 15) is 4.79 Å². The average Bonchev–Trinajstić information content (AvgIpc) is 2.56.